The molecule has 0 atom stereocenters. The number of carbonyl (C=O) groups is 2. The number of amides is 2. The molecule has 3 aromatic rings. The summed E-state index contributed by atoms with van der Waals surface area (Å²) in [4.78, 5) is 24.8. The second-order valence-electron chi connectivity index (χ2n) is 6.53. The molecule has 2 amide bonds. The zero-order chi connectivity index (χ0) is 19.8. The number of aryl methyl sites for hydroxylation is 2. The van der Waals surface area contributed by atoms with Crippen LogP contribution in [0.3, 0.4) is 0 Å². The molecule has 0 aliphatic carbocycles. The topological polar surface area (TPSA) is 71.3 Å². The number of hydrogen-bond donors (Lipinski definition) is 2. The Hall–Kier alpha value is -3.34. The fourth-order valence-electron chi connectivity index (χ4n) is 2.88. The third-order valence-corrected chi connectivity index (χ3v) is 4.52. The zero-order valence-electron chi connectivity index (χ0n) is 15.9. The van der Waals surface area contributed by atoms with Crippen LogP contribution in [0.1, 0.15) is 40.6 Å². The molecule has 0 saturated heterocycles. The molecule has 5 nitrogen and oxygen atoms in total. The molecule has 1 heterocycles. The van der Waals surface area contributed by atoms with E-state index in [1.54, 1.807) is 42.7 Å². The molecule has 28 heavy (non-hydrogen) atoms. The van der Waals surface area contributed by atoms with Gasteiger partial charge in [-0.15, -0.1) is 0 Å². The van der Waals surface area contributed by atoms with Crippen LogP contribution in [0.25, 0.3) is 0 Å². The van der Waals surface area contributed by atoms with Crippen LogP contribution in [0.15, 0.2) is 71.3 Å². The second-order valence-corrected chi connectivity index (χ2v) is 6.53. The number of hydrogen-bond acceptors (Lipinski definition) is 3. The van der Waals surface area contributed by atoms with E-state index >= 15 is 0 Å². The molecule has 3 rings (SSSR count). The quantitative estimate of drug-likeness (QED) is 0.614. The minimum absolute atomic E-state index is 0.120. The fourth-order valence-corrected chi connectivity index (χ4v) is 2.88. The average Bonchev–Trinajstić information content (AvgIpc) is 3.25. The lowest BCUT2D eigenvalue weighted by Crippen LogP contribution is -2.24. The highest BCUT2D eigenvalue weighted by Crippen LogP contribution is 2.16. The lowest BCUT2D eigenvalue weighted by Gasteiger charge is -2.11. The Morgan fingerprint density at radius 1 is 0.929 bits per heavy atom. The van der Waals surface area contributed by atoms with Gasteiger partial charge in [0.15, 0.2) is 0 Å². The van der Waals surface area contributed by atoms with Crippen LogP contribution in [0.2, 0.25) is 0 Å². The van der Waals surface area contributed by atoms with Gasteiger partial charge in [-0.25, -0.2) is 0 Å². The zero-order valence-corrected chi connectivity index (χ0v) is 15.9. The first kappa shape index (κ1) is 19.4. The van der Waals surface area contributed by atoms with Gasteiger partial charge < -0.3 is 15.1 Å². The summed E-state index contributed by atoms with van der Waals surface area (Å²) in [6.07, 6.45) is 3.57. The van der Waals surface area contributed by atoms with Crippen LogP contribution in [-0.2, 0) is 24.2 Å². The van der Waals surface area contributed by atoms with Crippen molar-refractivity contribution >= 4 is 17.5 Å². The van der Waals surface area contributed by atoms with Gasteiger partial charge in [-0.05, 0) is 48.2 Å². The van der Waals surface area contributed by atoms with E-state index in [0.29, 0.717) is 36.4 Å². The van der Waals surface area contributed by atoms with E-state index in [0.717, 1.165) is 12.0 Å². The Balaban J connectivity index is 1.57. The first-order valence-corrected chi connectivity index (χ1v) is 9.43. The summed E-state index contributed by atoms with van der Waals surface area (Å²) in [5, 5.41) is 5.65. The van der Waals surface area contributed by atoms with Gasteiger partial charge in [-0.1, -0.05) is 43.3 Å². The molecule has 0 aliphatic heterocycles. The van der Waals surface area contributed by atoms with Crippen LogP contribution in [0.5, 0.6) is 0 Å². The maximum Gasteiger partial charge on any atom is 0.253 e. The van der Waals surface area contributed by atoms with E-state index in [1.165, 1.54) is 5.56 Å². The summed E-state index contributed by atoms with van der Waals surface area (Å²) in [7, 11) is 0. The largest absolute Gasteiger partial charge is 0.467 e. The number of nitrogens with one attached hydrogen (secondary N) is 2. The van der Waals surface area contributed by atoms with Gasteiger partial charge >= 0.3 is 0 Å². The van der Waals surface area contributed by atoms with E-state index in [-0.39, 0.29) is 11.8 Å². The molecule has 0 fully saturated rings. The van der Waals surface area contributed by atoms with Gasteiger partial charge in [-0.2, -0.15) is 0 Å². The normalized spacial score (nSPS) is 10.5. The molecule has 1 aromatic heterocycles. The molecule has 2 N–H and O–H groups in total. The summed E-state index contributed by atoms with van der Waals surface area (Å²) < 4.78 is 5.22. The van der Waals surface area contributed by atoms with E-state index in [1.807, 2.05) is 0 Å². The van der Waals surface area contributed by atoms with Gasteiger partial charge in [0.2, 0.25) is 5.91 Å². The van der Waals surface area contributed by atoms with Crippen LogP contribution in [0.4, 0.5) is 5.69 Å². The van der Waals surface area contributed by atoms with Crippen LogP contribution in [0, 0.1) is 0 Å². The van der Waals surface area contributed by atoms with E-state index in [4.69, 9.17) is 4.42 Å². The van der Waals surface area contributed by atoms with Gasteiger partial charge in [0.05, 0.1) is 24.1 Å². The van der Waals surface area contributed by atoms with Crippen molar-refractivity contribution in [1.82, 2.24) is 5.32 Å². The molecule has 0 bridgehead atoms. The summed E-state index contributed by atoms with van der Waals surface area (Å²) in [5.41, 5.74) is 3.33. The van der Waals surface area contributed by atoms with E-state index in [9.17, 15) is 9.59 Å². The number of carbonyl (C=O) groups excluding carboxylic acids is 2. The predicted molar refractivity (Wildman–Crippen MR) is 109 cm³/mol. The standard InChI is InChI=1S/C23H24N2O3/c1-2-17-9-11-18(12-10-17)13-14-22(26)25-21-8-4-3-7-20(21)23(27)24-16-19-6-5-15-28-19/h3-12,15H,2,13-14,16H2,1H3,(H,24,27)(H,25,26). The number of furan rings is 1. The fraction of sp³-hybridized carbons (Fsp3) is 0.217. The van der Waals surface area contributed by atoms with Crippen molar-refractivity contribution in [3.8, 4) is 0 Å². The van der Waals surface area contributed by atoms with Gasteiger partial charge in [0, 0.05) is 6.42 Å². The summed E-state index contributed by atoms with van der Waals surface area (Å²) in [5.74, 6) is 0.289. The maximum absolute atomic E-state index is 12.5. The van der Waals surface area contributed by atoms with Crippen molar-refractivity contribution in [3.63, 3.8) is 0 Å². The highest BCUT2D eigenvalue weighted by Gasteiger charge is 2.13. The molecule has 0 unspecified atom stereocenters. The molecule has 0 spiro atoms. The molecule has 2 aromatic carbocycles. The maximum atomic E-state index is 12.5. The average molecular weight is 376 g/mol. The first-order chi connectivity index (χ1) is 13.7. The summed E-state index contributed by atoms with van der Waals surface area (Å²) in [6, 6.07) is 18.8. The molecular formula is C23H24N2O3. The molecule has 0 aliphatic rings. The molecule has 5 heteroatoms. The Morgan fingerprint density at radius 3 is 2.39 bits per heavy atom. The smallest absolute Gasteiger partial charge is 0.253 e. The van der Waals surface area contributed by atoms with E-state index < -0.39 is 0 Å². The predicted octanol–water partition coefficient (Wildman–Crippen LogP) is 4.34. The van der Waals surface area contributed by atoms with Gasteiger partial charge in [-0.3, -0.25) is 9.59 Å². The van der Waals surface area contributed by atoms with Crippen molar-refractivity contribution in [3.05, 3.63) is 89.4 Å². The second kappa shape index (κ2) is 9.55. The minimum atomic E-state index is -0.262. The molecular weight excluding hydrogens is 352 g/mol. The third kappa shape index (κ3) is 5.33. The number of para-hydroxylation sites is 1. The van der Waals surface area contributed by atoms with Crippen molar-refractivity contribution in [1.29, 1.82) is 0 Å². The van der Waals surface area contributed by atoms with Gasteiger partial charge in [0.1, 0.15) is 5.76 Å². The lowest BCUT2D eigenvalue weighted by atomic mass is 10.1. The van der Waals surface area contributed by atoms with Crippen LogP contribution < -0.4 is 10.6 Å². The highest BCUT2D eigenvalue weighted by molar-refractivity contribution is 6.03. The molecule has 0 saturated carbocycles. The number of rotatable bonds is 8. The Bertz CT molecular complexity index is 915. The molecule has 144 valence electrons. The lowest BCUT2D eigenvalue weighted by molar-refractivity contribution is -0.116. The van der Waals surface area contributed by atoms with Crippen molar-refractivity contribution < 1.29 is 14.0 Å². The summed E-state index contributed by atoms with van der Waals surface area (Å²) in [6.45, 7) is 2.41. The summed E-state index contributed by atoms with van der Waals surface area (Å²) >= 11 is 0. The van der Waals surface area contributed by atoms with Crippen LogP contribution in [-0.4, -0.2) is 11.8 Å². The Morgan fingerprint density at radius 2 is 1.68 bits per heavy atom. The highest BCUT2D eigenvalue weighted by atomic mass is 16.3. The molecule has 0 radical (unpaired) electrons. The minimum Gasteiger partial charge on any atom is -0.467 e. The Labute approximate surface area is 164 Å². The monoisotopic (exact) mass is 376 g/mol. The van der Waals surface area contributed by atoms with Gasteiger partial charge in [0.25, 0.3) is 5.91 Å². The Kier molecular flexibility index (Phi) is 6.63. The number of anilines is 1. The van der Waals surface area contributed by atoms with Crippen molar-refractivity contribution in [2.75, 3.05) is 5.32 Å². The van der Waals surface area contributed by atoms with Crippen molar-refractivity contribution in [2.24, 2.45) is 0 Å². The van der Waals surface area contributed by atoms with Crippen LogP contribution >= 0.6 is 0 Å². The van der Waals surface area contributed by atoms with E-state index in [2.05, 4.69) is 41.8 Å². The SMILES string of the molecule is CCc1ccc(CCC(=O)Nc2ccccc2C(=O)NCc2ccco2)cc1. The number of benzene rings is 2. The first-order valence-electron chi connectivity index (χ1n) is 9.43. The third-order valence-electron chi connectivity index (χ3n) is 4.52. The van der Waals surface area contributed by atoms with Crippen molar-refractivity contribution in [2.45, 2.75) is 32.7 Å².